The smallest absolute Gasteiger partial charge is 0.222 e. The van der Waals surface area contributed by atoms with Crippen molar-refractivity contribution in [3.05, 3.63) is 29.3 Å². The first kappa shape index (κ1) is 26.4. The molecule has 0 heterocycles. The van der Waals surface area contributed by atoms with Crippen LogP contribution in [0, 0.1) is 23.2 Å². The highest BCUT2D eigenvalue weighted by Gasteiger charge is 2.59. The van der Waals surface area contributed by atoms with Gasteiger partial charge in [-0.05, 0) is 85.0 Å². The van der Waals surface area contributed by atoms with Gasteiger partial charge < -0.3 is 19.8 Å². The molecular weight excluding hydrogens is 445 g/mol. The first-order chi connectivity index (χ1) is 16.8. The third-order valence-corrected chi connectivity index (χ3v) is 9.50. The van der Waals surface area contributed by atoms with Gasteiger partial charge in [0.15, 0.2) is 0 Å². The quantitative estimate of drug-likeness (QED) is 0.442. The molecule has 0 bridgehead atoms. The number of aliphatic hydroxyl groups excluding tert-OH is 1. The van der Waals surface area contributed by atoms with Gasteiger partial charge in [-0.25, -0.2) is 4.39 Å². The maximum atomic E-state index is 15.9. The van der Waals surface area contributed by atoms with Crippen molar-refractivity contribution in [1.29, 1.82) is 0 Å². The number of alkyl halides is 1. The van der Waals surface area contributed by atoms with E-state index in [1.165, 1.54) is 0 Å². The molecule has 3 unspecified atom stereocenters. The Balaban J connectivity index is 1.45. The van der Waals surface area contributed by atoms with Crippen molar-refractivity contribution in [2.24, 2.45) is 23.2 Å². The molecule has 5 nitrogen and oxygen atoms in total. The van der Waals surface area contributed by atoms with Crippen molar-refractivity contribution in [2.45, 2.75) is 89.8 Å². The van der Waals surface area contributed by atoms with Crippen molar-refractivity contribution in [2.75, 3.05) is 26.8 Å². The van der Waals surface area contributed by atoms with Gasteiger partial charge in [0.1, 0.15) is 11.9 Å². The standard InChI is InChI=1S/C29H44FNO4/c1-4-26(34)31(14-15-35-3)13-7-5-6-8-19-16-20-17-21(32)9-10-22(20)28-24(30)18-29(2)23(27(19)28)11-12-25(29)33/h9-10,17,19,23-25,27-28,32-33H,4-8,11-16,18H2,1-3H3/t19-,23?,24+,25+,27?,28?,29+/m1/s1. The molecule has 0 radical (unpaired) electrons. The second kappa shape index (κ2) is 11.2. The zero-order valence-electron chi connectivity index (χ0n) is 21.7. The van der Waals surface area contributed by atoms with E-state index in [1.54, 1.807) is 13.2 Å². The molecule has 2 saturated carbocycles. The zero-order valence-corrected chi connectivity index (χ0v) is 21.7. The zero-order chi connectivity index (χ0) is 25.2. The fraction of sp³-hybridized carbons (Fsp3) is 0.759. The highest BCUT2D eigenvalue weighted by Crippen LogP contribution is 2.63. The van der Waals surface area contributed by atoms with Gasteiger partial charge in [0.25, 0.3) is 0 Å². The number of carbonyl (C=O) groups excluding carboxylic acids is 1. The molecule has 4 rings (SSSR count). The minimum absolute atomic E-state index is 0.139. The number of aromatic hydroxyl groups is 1. The van der Waals surface area contributed by atoms with Crippen molar-refractivity contribution in [3.8, 4) is 5.75 Å². The van der Waals surface area contributed by atoms with E-state index in [9.17, 15) is 15.0 Å². The SMILES string of the molecule is CCC(=O)N(CCCCC[C@@H]1Cc2cc(O)ccc2C2C1C1CC[C@H](O)[C@@]1(C)C[C@@H]2F)CCOC. The predicted molar refractivity (Wildman–Crippen MR) is 135 cm³/mol. The molecular formula is C29H44FNO4. The fourth-order valence-electron chi connectivity index (χ4n) is 7.71. The van der Waals surface area contributed by atoms with E-state index in [2.05, 4.69) is 6.92 Å². The normalized spacial score (nSPS) is 33.6. The average molecular weight is 490 g/mol. The summed E-state index contributed by atoms with van der Waals surface area (Å²) in [5.41, 5.74) is 1.84. The summed E-state index contributed by atoms with van der Waals surface area (Å²) in [7, 11) is 1.66. The number of carbonyl (C=O) groups is 1. The maximum absolute atomic E-state index is 15.9. The van der Waals surface area contributed by atoms with Crippen LogP contribution in [0.1, 0.15) is 82.3 Å². The van der Waals surface area contributed by atoms with Crippen LogP contribution in [0.4, 0.5) is 4.39 Å². The summed E-state index contributed by atoms with van der Waals surface area (Å²) in [6.07, 6.45) is 6.23. The molecule has 196 valence electrons. The van der Waals surface area contributed by atoms with Crippen molar-refractivity contribution >= 4 is 5.91 Å². The molecule has 0 spiro atoms. The van der Waals surface area contributed by atoms with Crippen LogP contribution in [0.3, 0.4) is 0 Å². The highest BCUT2D eigenvalue weighted by molar-refractivity contribution is 5.75. The molecule has 6 heteroatoms. The van der Waals surface area contributed by atoms with Gasteiger partial charge in [-0.15, -0.1) is 0 Å². The van der Waals surface area contributed by atoms with Crippen LogP contribution < -0.4 is 0 Å². The minimum Gasteiger partial charge on any atom is -0.508 e. The molecule has 3 aliphatic rings. The minimum atomic E-state index is -0.963. The maximum Gasteiger partial charge on any atom is 0.222 e. The second-order valence-corrected chi connectivity index (χ2v) is 11.5. The Hall–Kier alpha value is -1.66. The highest BCUT2D eigenvalue weighted by atomic mass is 19.1. The molecule has 7 atom stereocenters. The first-order valence-electron chi connectivity index (χ1n) is 13.7. The lowest BCUT2D eigenvalue weighted by atomic mass is 9.51. The largest absolute Gasteiger partial charge is 0.508 e. The Labute approximate surface area is 210 Å². The van der Waals surface area contributed by atoms with E-state index in [4.69, 9.17) is 4.74 Å². The van der Waals surface area contributed by atoms with E-state index >= 15 is 4.39 Å². The number of aliphatic hydroxyl groups is 1. The number of nitrogens with zero attached hydrogens (tertiary/aromatic N) is 1. The van der Waals surface area contributed by atoms with E-state index in [-0.39, 0.29) is 28.9 Å². The number of hydrogen-bond donors (Lipinski definition) is 2. The Kier molecular flexibility index (Phi) is 8.42. The number of rotatable bonds is 10. The molecule has 1 aromatic rings. The summed E-state index contributed by atoms with van der Waals surface area (Å²) < 4.78 is 21.0. The molecule has 1 amide bonds. The molecule has 3 aliphatic carbocycles. The first-order valence-corrected chi connectivity index (χ1v) is 13.7. The number of benzene rings is 1. The summed E-state index contributed by atoms with van der Waals surface area (Å²) in [6, 6.07) is 5.48. The molecule has 2 fully saturated rings. The molecule has 35 heavy (non-hydrogen) atoms. The van der Waals surface area contributed by atoms with Gasteiger partial charge in [-0.1, -0.05) is 32.8 Å². The lowest BCUT2D eigenvalue weighted by molar-refractivity contribution is -0.131. The van der Waals surface area contributed by atoms with Gasteiger partial charge in [0.05, 0.1) is 12.7 Å². The van der Waals surface area contributed by atoms with Gasteiger partial charge in [0.2, 0.25) is 5.91 Å². The Morgan fingerprint density at radius 1 is 1.23 bits per heavy atom. The molecule has 0 aromatic heterocycles. The Morgan fingerprint density at radius 2 is 2.03 bits per heavy atom. The number of unbranched alkanes of at least 4 members (excludes halogenated alkanes) is 2. The van der Waals surface area contributed by atoms with Crippen molar-refractivity contribution in [1.82, 2.24) is 4.90 Å². The van der Waals surface area contributed by atoms with E-state index in [0.29, 0.717) is 37.8 Å². The lowest BCUT2D eigenvalue weighted by Gasteiger charge is -2.54. The molecule has 0 aliphatic heterocycles. The third kappa shape index (κ3) is 5.24. The number of hydrogen-bond acceptors (Lipinski definition) is 4. The van der Waals surface area contributed by atoms with Crippen LogP contribution in [0.5, 0.6) is 5.75 Å². The summed E-state index contributed by atoms with van der Waals surface area (Å²) in [6.45, 7) is 5.95. The third-order valence-electron chi connectivity index (χ3n) is 9.50. The van der Waals surface area contributed by atoms with Crippen LogP contribution in [-0.4, -0.2) is 60.1 Å². The van der Waals surface area contributed by atoms with Gasteiger partial charge >= 0.3 is 0 Å². The number of phenols is 1. The van der Waals surface area contributed by atoms with Gasteiger partial charge in [0, 0.05) is 32.5 Å². The number of halogens is 1. The fourth-order valence-corrected chi connectivity index (χ4v) is 7.71. The van der Waals surface area contributed by atoms with Gasteiger partial charge in [-0.2, -0.15) is 0 Å². The number of methoxy groups -OCH3 is 1. The number of amides is 1. The number of phenolic OH excluding ortho intramolecular Hbond substituents is 1. The van der Waals surface area contributed by atoms with Crippen molar-refractivity contribution < 1.29 is 24.1 Å². The van der Waals surface area contributed by atoms with Crippen LogP contribution in [0.2, 0.25) is 0 Å². The Bertz CT molecular complexity index is 878. The summed E-state index contributed by atoms with van der Waals surface area (Å²) >= 11 is 0. The summed E-state index contributed by atoms with van der Waals surface area (Å²) in [5.74, 6) is 1.21. The van der Waals surface area contributed by atoms with Crippen molar-refractivity contribution in [3.63, 3.8) is 0 Å². The van der Waals surface area contributed by atoms with Crippen LogP contribution >= 0.6 is 0 Å². The van der Waals surface area contributed by atoms with E-state index < -0.39 is 12.3 Å². The van der Waals surface area contributed by atoms with Gasteiger partial charge in [-0.3, -0.25) is 4.79 Å². The van der Waals surface area contributed by atoms with Crippen LogP contribution in [0.25, 0.3) is 0 Å². The molecule has 1 aromatic carbocycles. The number of fused-ring (bicyclic) bond motifs is 5. The van der Waals surface area contributed by atoms with E-state index in [1.807, 2.05) is 24.0 Å². The topological polar surface area (TPSA) is 70.0 Å². The van der Waals surface area contributed by atoms with Crippen LogP contribution in [-0.2, 0) is 16.0 Å². The molecule has 2 N–H and O–H groups in total. The predicted octanol–water partition coefficient (Wildman–Crippen LogP) is 5.23. The summed E-state index contributed by atoms with van der Waals surface area (Å²) in [5, 5.41) is 20.9. The monoisotopic (exact) mass is 489 g/mol. The average Bonchev–Trinajstić information content (AvgIpc) is 3.13. The molecule has 0 saturated heterocycles. The second-order valence-electron chi connectivity index (χ2n) is 11.5. The van der Waals surface area contributed by atoms with Crippen LogP contribution in [0.15, 0.2) is 18.2 Å². The lowest BCUT2D eigenvalue weighted by Crippen LogP contribution is -2.51. The summed E-state index contributed by atoms with van der Waals surface area (Å²) in [4.78, 5) is 14.1. The number of ether oxygens (including phenoxy) is 1. The Morgan fingerprint density at radius 3 is 2.77 bits per heavy atom. The van der Waals surface area contributed by atoms with E-state index in [0.717, 1.165) is 62.6 Å².